The maximum Gasteiger partial charge on any atom is 0.191 e. The van der Waals surface area contributed by atoms with Crippen LogP contribution in [0.4, 0.5) is 0 Å². The fraction of sp³-hybridized carbons (Fsp3) is 0.0952. The Labute approximate surface area is 159 Å². The van der Waals surface area contributed by atoms with Gasteiger partial charge in [0, 0.05) is 36.5 Å². The second-order valence-corrected chi connectivity index (χ2v) is 6.66. The van der Waals surface area contributed by atoms with E-state index in [2.05, 4.69) is 26.2 Å². The molecule has 4 heterocycles. The molecule has 28 heavy (non-hydrogen) atoms. The highest BCUT2D eigenvalue weighted by atomic mass is 16.1. The summed E-state index contributed by atoms with van der Waals surface area (Å²) in [5.74, 6) is 1.43. The maximum absolute atomic E-state index is 12.4. The first kappa shape index (κ1) is 16.3. The van der Waals surface area contributed by atoms with Crippen molar-refractivity contribution in [2.24, 2.45) is 7.05 Å². The first-order valence-electron chi connectivity index (χ1n) is 8.86. The highest BCUT2D eigenvalue weighted by molar-refractivity contribution is 5.92. The molecule has 1 aromatic carbocycles. The molecule has 0 saturated carbocycles. The Morgan fingerprint density at radius 2 is 1.96 bits per heavy atom. The average molecular weight is 368 g/mol. The summed E-state index contributed by atoms with van der Waals surface area (Å²) in [6, 6.07) is 13.3. The van der Waals surface area contributed by atoms with Gasteiger partial charge < -0.3 is 9.55 Å². The van der Waals surface area contributed by atoms with Crippen LogP contribution >= 0.6 is 0 Å². The van der Waals surface area contributed by atoms with Crippen LogP contribution in [0.1, 0.15) is 5.82 Å². The number of benzene rings is 1. The van der Waals surface area contributed by atoms with E-state index in [-0.39, 0.29) is 5.43 Å². The third kappa shape index (κ3) is 2.48. The van der Waals surface area contributed by atoms with Crippen molar-refractivity contribution in [3.63, 3.8) is 0 Å². The smallest absolute Gasteiger partial charge is 0.191 e. The molecule has 0 saturated heterocycles. The molecular weight excluding hydrogens is 352 g/mol. The van der Waals surface area contributed by atoms with Crippen molar-refractivity contribution in [1.29, 1.82) is 0 Å². The predicted molar refractivity (Wildman–Crippen MR) is 108 cm³/mol. The Morgan fingerprint density at radius 1 is 1.07 bits per heavy atom. The van der Waals surface area contributed by atoms with Gasteiger partial charge in [0.25, 0.3) is 0 Å². The first-order chi connectivity index (χ1) is 13.6. The van der Waals surface area contributed by atoms with Gasteiger partial charge in [-0.15, -0.1) is 10.2 Å². The molecule has 0 aliphatic rings. The summed E-state index contributed by atoms with van der Waals surface area (Å²) in [6.07, 6.45) is 3.37. The lowest BCUT2D eigenvalue weighted by molar-refractivity contribution is 0.862. The number of pyridine rings is 3. The Morgan fingerprint density at radius 3 is 2.79 bits per heavy atom. The number of aryl methyl sites for hydroxylation is 1. The van der Waals surface area contributed by atoms with Crippen molar-refractivity contribution in [3.8, 4) is 22.6 Å². The summed E-state index contributed by atoms with van der Waals surface area (Å²) in [5, 5.41) is 10.0. The molecule has 7 nitrogen and oxygen atoms in total. The quantitative estimate of drug-likeness (QED) is 0.517. The second kappa shape index (κ2) is 6.09. The second-order valence-electron chi connectivity index (χ2n) is 6.66. The van der Waals surface area contributed by atoms with Crippen LogP contribution in [0, 0.1) is 6.92 Å². The molecule has 0 spiro atoms. The van der Waals surface area contributed by atoms with E-state index in [1.807, 2.05) is 48.9 Å². The molecule has 0 aliphatic carbocycles. The number of nitrogens with one attached hydrogen (secondary N) is 1. The summed E-state index contributed by atoms with van der Waals surface area (Å²) in [5.41, 5.74) is 3.79. The van der Waals surface area contributed by atoms with Gasteiger partial charge in [-0.3, -0.25) is 9.78 Å². The number of hydrogen-bond donors (Lipinski definition) is 1. The van der Waals surface area contributed by atoms with Crippen LogP contribution in [0.3, 0.4) is 0 Å². The highest BCUT2D eigenvalue weighted by Crippen LogP contribution is 2.32. The van der Waals surface area contributed by atoms with Gasteiger partial charge in [0.2, 0.25) is 0 Å². The van der Waals surface area contributed by atoms with Crippen LogP contribution in [-0.2, 0) is 7.05 Å². The molecule has 0 unspecified atom stereocenters. The lowest BCUT2D eigenvalue weighted by atomic mass is 10.00. The van der Waals surface area contributed by atoms with Crippen LogP contribution in [0.15, 0.2) is 59.7 Å². The summed E-state index contributed by atoms with van der Waals surface area (Å²) in [6.45, 7) is 1.89. The van der Waals surface area contributed by atoms with E-state index in [1.54, 1.807) is 12.4 Å². The van der Waals surface area contributed by atoms with E-state index in [1.165, 1.54) is 6.07 Å². The minimum absolute atomic E-state index is 0.0781. The minimum atomic E-state index is -0.0781. The SMILES string of the molecule is Cc1nnc(-c2nc3[nH]ccc(=O)c3cc2-c2ccc3ncccc3c2)n1C. The summed E-state index contributed by atoms with van der Waals surface area (Å²) in [4.78, 5) is 24.6. The summed E-state index contributed by atoms with van der Waals surface area (Å²) in [7, 11) is 1.90. The van der Waals surface area contributed by atoms with Gasteiger partial charge in [0.1, 0.15) is 17.2 Å². The van der Waals surface area contributed by atoms with Gasteiger partial charge in [0.15, 0.2) is 11.3 Å². The van der Waals surface area contributed by atoms with Crippen molar-refractivity contribution in [1.82, 2.24) is 29.7 Å². The zero-order valence-corrected chi connectivity index (χ0v) is 15.3. The third-order valence-corrected chi connectivity index (χ3v) is 4.96. The topological polar surface area (TPSA) is 89.3 Å². The summed E-state index contributed by atoms with van der Waals surface area (Å²) < 4.78 is 1.89. The van der Waals surface area contributed by atoms with Crippen molar-refractivity contribution in [2.75, 3.05) is 0 Å². The van der Waals surface area contributed by atoms with Gasteiger partial charge in [-0.2, -0.15) is 0 Å². The van der Waals surface area contributed by atoms with Crippen molar-refractivity contribution in [3.05, 3.63) is 70.9 Å². The summed E-state index contributed by atoms with van der Waals surface area (Å²) >= 11 is 0. The highest BCUT2D eigenvalue weighted by Gasteiger charge is 2.18. The van der Waals surface area contributed by atoms with Crippen molar-refractivity contribution in [2.45, 2.75) is 6.92 Å². The lowest BCUT2D eigenvalue weighted by Crippen LogP contribution is -2.05. The van der Waals surface area contributed by atoms with Crippen LogP contribution in [-0.4, -0.2) is 29.7 Å². The van der Waals surface area contributed by atoms with Gasteiger partial charge in [-0.05, 0) is 36.8 Å². The van der Waals surface area contributed by atoms with Gasteiger partial charge in [-0.1, -0.05) is 12.1 Å². The monoisotopic (exact) mass is 368 g/mol. The molecule has 136 valence electrons. The minimum Gasteiger partial charge on any atom is -0.346 e. The molecule has 0 amide bonds. The largest absolute Gasteiger partial charge is 0.346 e. The molecule has 0 radical (unpaired) electrons. The molecule has 4 aromatic heterocycles. The van der Waals surface area contributed by atoms with E-state index in [0.717, 1.165) is 27.9 Å². The van der Waals surface area contributed by atoms with Crippen LogP contribution < -0.4 is 5.43 Å². The molecular formula is C21H16N6O. The van der Waals surface area contributed by atoms with Crippen molar-refractivity contribution >= 4 is 21.9 Å². The Bertz CT molecular complexity index is 1420. The Balaban J connectivity index is 1.87. The number of H-pyrrole nitrogens is 1. The zero-order chi connectivity index (χ0) is 19.3. The van der Waals surface area contributed by atoms with E-state index in [0.29, 0.717) is 22.6 Å². The maximum atomic E-state index is 12.4. The molecule has 5 aromatic rings. The molecule has 0 atom stereocenters. The standard InChI is InChI=1S/C21H16N6O/c1-12-25-26-21(27(12)2)19-15(11-16-18(28)7-9-23-20(16)24-19)13-5-6-17-14(10-13)4-3-8-22-17/h3-11H,1-2H3,(H,23,24,28). The number of rotatable bonds is 2. The Hall–Kier alpha value is -3.87. The van der Waals surface area contributed by atoms with Crippen molar-refractivity contribution < 1.29 is 0 Å². The number of fused-ring (bicyclic) bond motifs is 2. The lowest BCUT2D eigenvalue weighted by Gasteiger charge is -2.11. The number of aromatic nitrogens is 6. The molecule has 5 rings (SSSR count). The molecule has 7 heteroatoms. The normalized spacial score (nSPS) is 11.4. The third-order valence-electron chi connectivity index (χ3n) is 4.96. The van der Waals surface area contributed by atoms with E-state index >= 15 is 0 Å². The number of hydrogen-bond acceptors (Lipinski definition) is 5. The number of aromatic amines is 1. The van der Waals surface area contributed by atoms with E-state index in [9.17, 15) is 4.79 Å². The van der Waals surface area contributed by atoms with Gasteiger partial charge >= 0.3 is 0 Å². The fourth-order valence-electron chi connectivity index (χ4n) is 3.34. The Kier molecular flexibility index (Phi) is 3.55. The number of nitrogens with zero attached hydrogens (tertiary/aromatic N) is 5. The molecule has 1 N–H and O–H groups in total. The fourth-order valence-corrected chi connectivity index (χ4v) is 3.34. The predicted octanol–water partition coefficient (Wildman–Crippen LogP) is 3.24. The molecule has 0 aliphatic heterocycles. The average Bonchev–Trinajstić information content (AvgIpc) is 3.05. The van der Waals surface area contributed by atoms with E-state index in [4.69, 9.17) is 4.98 Å². The van der Waals surface area contributed by atoms with Crippen LogP contribution in [0.5, 0.6) is 0 Å². The van der Waals surface area contributed by atoms with Gasteiger partial charge in [0.05, 0.1) is 10.9 Å². The van der Waals surface area contributed by atoms with Crippen LogP contribution in [0.2, 0.25) is 0 Å². The van der Waals surface area contributed by atoms with Gasteiger partial charge in [-0.25, -0.2) is 4.98 Å². The molecule has 0 fully saturated rings. The van der Waals surface area contributed by atoms with Crippen LogP contribution in [0.25, 0.3) is 44.6 Å². The van der Waals surface area contributed by atoms with E-state index < -0.39 is 0 Å². The molecule has 0 bridgehead atoms. The zero-order valence-electron chi connectivity index (χ0n) is 15.3. The first-order valence-corrected chi connectivity index (χ1v) is 8.86.